The summed E-state index contributed by atoms with van der Waals surface area (Å²) in [6.45, 7) is 5.86. The van der Waals surface area contributed by atoms with Gasteiger partial charge in [0.1, 0.15) is 0 Å². The molecule has 0 amide bonds. The van der Waals surface area contributed by atoms with Crippen LogP contribution in [0.2, 0.25) is 0 Å². The van der Waals surface area contributed by atoms with Gasteiger partial charge in [-0.15, -0.1) is 0 Å². The van der Waals surface area contributed by atoms with Crippen LogP contribution in [0.15, 0.2) is 16.3 Å². The fraction of sp³-hybridized carbons (Fsp3) is 0.667. The molecule has 0 unspecified atom stereocenters. The van der Waals surface area contributed by atoms with Gasteiger partial charge in [0, 0.05) is 37.6 Å². The largest absolute Gasteiger partial charge is 0.402 e. The number of hydrogen-bond acceptors (Lipinski definition) is 3. The van der Waals surface area contributed by atoms with Crippen LogP contribution in [0, 0.1) is 0 Å². The first kappa shape index (κ1) is 11.2. The third-order valence-electron chi connectivity index (χ3n) is 1.58. The lowest BCUT2D eigenvalue weighted by Gasteiger charge is -2.14. The van der Waals surface area contributed by atoms with Crippen LogP contribution in [-0.4, -0.2) is 26.4 Å². The number of hydrogen-bond donors (Lipinski definition) is 2. The smallest absolute Gasteiger partial charge is 0.0277 e. The molecule has 0 bridgehead atoms. The first-order valence-corrected chi connectivity index (χ1v) is 4.45. The molecule has 0 aromatic heterocycles. The summed E-state index contributed by atoms with van der Waals surface area (Å²) in [5.41, 5.74) is 7.82. The Labute approximate surface area is 74.8 Å². The maximum absolute atomic E-state index is 5.71. The molecule has 0 saturated carbocycles. The van der Waals surface area contributed by atoms with E-state index >= 15 is 0 Å². The topological polar surface area (TPSA) is 50.4 Å². The molecule has 3 nitrogen and oxygen atoms in total. The van der Waals surface area contributed by atoms with Crippen molar-refractivity contribution in [1.82, 2.24) is 5.32 Å². The van der Waals surface area contributed by atoms with Crippen molar-refractivity contribution in [3.8, 4) is 0 Å². The molecule has 0 aromatic carbocycles. The quantitative estimate of drug-likeness (QED) is 0.573. The van der Waals surface area contributed by atoms with E-state index in [0.29, 0.717) is 0 Å². The summed E-state index contributed by atoms with van der Waals surface area (Å²) < 4.78 is 0. The van der Waals surface area contributed by atoms with Crippen molar-refractivity contribution in [2.75, 3.05) is 20.1 Å². The van der Waals surface area contributed by atoms with E-state index in [1.54, 1.807) is 7.05 Å². The number of nitrogens with two attached hydrogens (primary N) is 1. The van der Waals surface area contributed by atoms with Gasteiger partial charge >= 0.3 is 0 Å². The molecule has 3 N–H and O–H groups in total. The van der Waals surface area contributed by atoms with Crippen LogP contribution in [0.1, 0.15) is 20.3 Å². The average molecular weight is 169 g/mol. The maximum atomic E-state index is 5.71. The van der Waals surface area contributed by atoms with Crippen molar-refractivity contribution in [2.45, 2.75) is 20.3 Å². The Bertz CT molecular complexity index is 171. The second-order valence-corrected chi connectivity index (χ2v) is 2.36. The summed E-state index contributed by atoms with van der Waals surface area (Å²) in [5.74, 6) is 0. The van der Waals surface area contributed by atoms with Crippen LogP contribution in [0.4, 0.5) is 0 Å². The third kappa shape index (κ3) is 3.53. The Hall–Kier alpha value is -0.830. The summed E-state index contributed by atoms with van der Waals surface area (Å²) in [7, 11) is 1.76. The summed E-state index contributed by atoms with van der Waals surface area (Å²) in [5, 5.41) is 3.22. The first-order chi connectivity index (χ1) is 5.84. The Kier molecular flexibility index (Phi) is 6.38. The zero-order valence-corrected chi connectivity index (χ0v) is 8.22. The lowest BCUT2D eigenvalue weighted by molar-refractivity contribution is 0.687. The molecule has 1 heterocycles. The lowest BCUT2D eigenvalue weighted by Crippen LogP contribution is -2.28. The van der Waals surface area contributed by atoms with Gasteiger partial charge in [0.15, 0.2) is 0 Å². The highest BCUT2D eigenvalue weighted by atomic mass is 14.9. The minimum Gasteiger partial charge on any atom is -0.402 e. The highest BCUT2D eigenvalue weighted by Gasteiger charge is 2.05. The van der Waals surface area contributed by atoms with Crippen LogP contribution in [0.3, 0.4) is 0 Å². The molecule has 12 heavy (non-hydrogen) atoms. The van der Waals surface area contributed by atoms with Gasteiger partial charge in [0.2, 0.25) is 0 Å². The van der Waals surface area contributed by atoms with Crippen molar-refractivity contribution in [2.24, 2.45) is 10.7 Å². The Morgan fingerprint density at radius 2 is 2.17 bits per heavy atom. The van der Waals surface area contributed by atoms with Crippen molar-refractivity contribution < 1.29 is 0 Å². The fourth-order valence-corrected chi connectivity index (χ4v) is 1.00. The van der Waals surface area contributed by atoms with Crippen molar-refractivity contribution in [3.63, 3.8) is 0 Å². The highest BCUT2D eigenvalue weighted by Crippen LogP contribution is 2.03. The van der Waals surface area contributed by atoms with E-state index in [-0.39, 0.29) is 0 Å². The monoisotopic (exact) mass is 169 g/mol. The number of rotatable bonds is 1. The van der Waals surface area contributed by atoms with Crippen LogP contribution < -0.4 is 11.1 Å². The standard InChI is InChI=1S/C7H13N3.C2H6/c1-9-4-6-5-10-3-2-7(6)8;1-2/h4,10H,2-3,5,8H2,1H3;1-2H3. The highest BCUT2D eigenvalue weighted by molar-refractivity contribution is 5.80. The van der Waals surface area contributed by atoms with Crippen molar-refractivity contribution in [1.29, 1.82) is 0 Å². The predicted molar refractivity (Wildman–Crippen MR) is 54.5 cm³/mol. The van der Waals surface area contributed by atoms with E-state index < -0.39 is 0 Å². The van der Waals surface area contributed by atoms with Gasteiger partial charge in [0.25, 0.3) is 0 Å². The molecule has 0 spiro atoms. The Balaban J connectivity index is 0.000000561. The summed E-state index contributed by atoms with van der Waals surface area (Å²) >= 11 is 0. The molecule has 0 radical (unpaired) electrons. The van der Waals surface area contributed by atoms with Gasteiger partial charge in [-0.1, -0.05) is 13.8 Å². The molecule has 0 saturated heterocycles. The SMILES string of the molecule is CC.CN=CC1=C(N)CCNC1. The third-order valence-corrected chi connectivity index (χ3v) is 1.58. The van der Waals surface area contributed by atoms with E-state index in [1.165, 1.54) is 0 Å². The Morgan fingerprint density at radius 3 is 2.67 bits per heavy atom. The molecular formula is C9H19N3. The van der Waals surface area contributed by atoms with Gasteiger partial charge in [-0.25, -0.2) is 0 Å². The summed E-state index contributed by atoms with van der Waals surface area (Å²) in [6, 6.07) is 0. The summed E-state index contributed by atoms with van der Waals surface area (Å²) in [4.78, 5) is 3.91. The molecule has 1 aliphatic rings. The summed E-state index contributed by atoms with van der Waals surface area (Å²) in [6.07, 6.45) is 2.77. The average Bonchev–Trinajstić information content (AvgIpc) is 2.13. The minimum atomic E-state index is 0.864. The van der Waals surface area contributed by atoms with Gasteiger partial charge in [-0.2, -0.15) is 0 Å². The number of aliphatic imine (C=N–C) groups is 1. The van der Waals surface area contributed by atoms with Crippen LogP contribution in [0.5, 0.6) is 0 Å². The molecule has 1 rings (SSSR count). The van der Waals surface area contributed by atoms with E-state index in [1.807, 2.05) is 20.1 Å². The molecule has 70 valence electrons. The molecule has 0 atom stereocenters. The fourth-order valence-electron chi connectivity index (χ4n) is 1.00. The molecule has 0 fully saturated rings. The lowest BCUT2D eigenvalue weighted by atomic mass is 10.1. The van der Waals surface area contributed by atoms with E-state index in [2.05, 4.69) is 10.3 Å². The normalized spacial score (nSPS) is 17.6. The number of nitrogens with zero attached hydrogens (tertiary/aromatic N) is 1. The zero-order valence-electron chi connectivity index (χ0n) is 8.22. The van der Waals surface area contributed by atoms with Gasteiger partial charge in [-0.3, -0.25) is 4.99 Å². The van der Waals surface area contributed by atoms with Gasteiger partial charge < -0.3 is 11.1 Å². The molecule has 1 aliphatic heterocycles. The molecule has 0 aromatic rings. The van der Waals surface area contributed by atoms with Crippen LogP contribution in [-0.2, 0) is 0 Å². The first-order valence-electron chi connectivity index (χ1n) is 4.45. The second-order valence-electron chi connectivity index (χ2n) is 2.36. The number of nitrogens with one attached hydrogen (secondary N) is 1. The minimum absolute atomic E-state index is 0.864. The van der Waals surface area contributed by atoms with Crippen molar-refractivity contribution in [3.05, 3.63) is 11.3 Å². The van der Waals surface area contributed by atoms with Crippen LogP contribution in [0.25, 0.3) is 0 Å². The Morgan fingerprint density at radius 1 is 1.50 bits per heavy atom. The van der Waals surface area contributed by atoms with E-state index in [9.17, 15) is 0 Å². The van der Waals surface area contributed by atoms with E-state index in [4.69, 9.17) is 5.73 Å². The second kappa shape index (κ2) is 6.85. The maximum Gasteiger partial charge on any atom is 0.0277 e. The predicted octanol–water partition coefficient (Wildman–Crippen LogP) is 0.919. The van der Waals surface area contributed by atoms with Crippen LogP contribution >= 0.6 is 0 Å². The van der Waals surface area contributed by atoms with Gasteiger partial charge in [0.05, 0.1) is 0 Å². The molecular weight excluding hydrogens is 150 g/mol. The van der Waals surface area contributed by atoms with E-state index in [0.717, 1.165) is 30.8 Å². The van der Waals surface area contributed by atoms with Gasteiger partial charge in [-0.05, 0) is 6.42 Å². The molecule has 0 aliphatic carbocycles. The molecule has 3 heteroatoms. The zero-order chi connectivity index (χ0) is 9.40. The van der Waals surface area contributed by atoms with Crippen molar-refractivity contribution >= 4 is 6.21 Å².